The van der Waals surface area contributed by atoms with Crippen molar-refractivity contribution in [2.45, 2.75) is 0 Å². The number of nitro groups is 1. The van der Waals surface area contributed by atoms with Crippen LogP contribution in [0.15, 0.2) is 91.0 Å². The molecule has 0 N–H and O–H groups in total. The highest BCUT2D eigenvalue weighted by Crippen LogP contribution is 2.38. The van der Waals surface area contributed by atoms with Crippen molar-refractivity contribution in [2.24, 2.45) is 0 Å². The number of nitrogens with zero attached hydrogens (tertiary/aromatic N) is 2. The summed E-state index contributed by atoms with van der Waals surface area (Å²) in [5.74, 6) is 0. The summed E-state index contributed by atoms with van der Waals surface area (Å²) in [4.78, 5) is 11.2. The van der Waals surface area contributed by atoms with Crippen LogP contribution in [0.1, 0.15) is 0 Å². The summed E-state index contributed by atoms with van der Waals surface area (Å²) in [6, 6.07) is 28.9. The second-order valence-corrected chi connectivity index (χ2v) is 7.28. The molecule has 140 valence electrons. The van der Waals surface area contributed by atoms with Crippen LogP contribution in [0.3, 0.4) is 0 Å². The van der Waals surface area contributed by atoms with Gasteiger partial charge in [-0.1, -0.05) is 54.1 Å². The standard InChI is InChI=1S/C24H15ClN2O2/c25-17-11-13-24(27(28)29)20(15-17)16-10-12-23-21(14-16)19-8-4-5-9-22(19)26(23)18-6-2-1-3-7-18/h1-15H. The lowest BCUT2D eigenvalue weighted by molar-refractivity contribution is -0.384. The number of nitro benzene ring substituents is 1. The topological polar surface area (TPSA) is 48.1 Å². The minimum absolute atomic E-state index is 0.0422. The molecule has 5 rings (SSSR count). The third kappa shape index (κ3) is 2.85. The van der Waals surface area contributed by atoms with E-state index in [1.54, 1.807) is 12.1 Å². The Morgan fingerprint density at radius 2 is 1.48 bits per heavy atom. The maximum Gasteiger partial charge on any atom is 0.277 e. The molecule has 0 radical (unpaired) electrons. The molecule has 0 aliphatic heterocycles. The second kappa shape index (κ2) is 6.76. The molecular formula is C24H15ClN2O2. The van der Waals surface area contributed by atoms with Crippen molar-refractivity contribution >= 4 is 39.1 Å². The maximum atomic E-state index is 11.5. The highest BCUT2D eigenvalue weighted by molar-refractivity contribution is 6.31. The number of halogens is 1. The Hall–Kier alpha value is -3.63. The van der Waals surface area contributed by atoms with Gasteiger partial charge in [0.05, 0.1) is 21.5 Å². The van der Waals surface area contributed by atoms with Crippen molar-refractivity contribution in [1.29, 1.82) is 0 Å². The van der Waals surface area contributed by atoms with Gasteiger partial charge in [-0.3, -0.25) is 10.1 Å². The Labute approximate surface area is 171 Å². The number of aromatic nitrogens is 1. The molecule has 0 spiro atoms. The van der Waals surface area contributed by atoms with E-state index in [2.05, 4.69) is 28.8 Å². The van der Waals surface area contributed by atoms with Gasteiger partial charge in [-0.15, -0.1) is 0 Å². The van der Waals surface area contributed by atoms with E-state index in [0.29, 0.717) is 10.6 Å². The van der Waals surface area contributed by atoms with Gasteiger partial charge < -0.3 is 4.57 Å². The molecule has 0 atom stereocenters. The van der Waals surface area contributed by atoms with Crippen molar-refractivity contribution in [2.75, 3.05) is 0 Å². The van der Waals surface area contributed by atoms with E-state index < -0.39 is 0 Å². The van der Waals surface area contributed by atoms with E-state index in [1.807, 2.05) is 48.5 Å². The van der Waals surface area contributed by atoms with Crippen LogP contribution in [0, 0.1) is 10.1 Å². The van der Waals surface area contributed by atoms with E-state index in [1.165, 1.54) is 6.07 Å². The van der Waals surface area contributed by atoms with Gasteiger partial charge in [-0.2, -0.15) is 0 Å². The minimum Gasteiger partial charge on any atom is -0.309 e. The van der Waals surface area contributed by atoms with Crippen molar-refractivity contribution in [3.05, 3.63) is 106 Å². The zero-order valence-electron chi connectivity index (χ0n) is 15.2. The first kappa shape index (κ1) is 17.5. The first-order valence-electron chi connectivity index (χ1n) is 9.16. The largest absolute Gasteiger partial charge is 0.309 e. The van der Waals surface area contributed by atoms with Crippen LogP contribution in [0.5, 0.6) is 0 Å². The van der Waals surface area contributed by atoms with E-state index in [9.17, 15) is 10.1 Å². The fourth-order valence-electron chi connectivity index (χ4n) is 3.89. The molecule has 0 aliphatic carbocycles. The van der Waals surface area contributed by atoms with Gasteiger partial charge in [-0.05, 0) is 48.0 Å². The van der Waals surface area contributed by atoms with E-state index >= 15 is 0 Å². The monoisotopic (exact) mass is 398 g/mol. The molecule has 1 aromatic heterocycles. The number of rotatable bonds is 3. The normalized spacial score (nSPS) is 11.2. The van der Waals surface area contributed by atoms with Crippen molar-refractivity contribution in [1.82, 2.24) is 4.57 Å². The van der Waals surface area contributed by atoms with E-state index in [-0.39, 0.29) is 10.6 Å². The predicted octanol–water partition coefficient (Wildman–Crippen LogP) is 7.01. The van der Waals surface area contributed by atoms with Crippen LogP contribution in [0.25, 0.3) is 38.6 Å². The lowest BCUT2D eigenvalue weighted by Gasteiger charge is -2.08. The zero-order chi connectivity index (χ0) is 20.0. The van der Waals surface area contributed by atoms with Gasteiger partial charge in [-0.25, -0.2) is 0 Å². The van der Waals surface area contributed by atoms with Crippen molar-refractivity contribution in [3.8, 4) is 16.8 Å². The molecular weight excluding hydrogens is 384 g/mol. The van der Waals surface area contributed by atoms with Crippen LogP contribution >= 0.6 is 11.6 Å². The van der Waals surface area contributed by atoms with Crippen molar-refractivity contribution in [3.63, 3.8) is 0 Å². The number of para-hydroxylation sites is 2. The number of fused-ring (bicyclic) bond motifs is 3. The van der Waals surface area contributed by atoms with Crippen LogP contribution in [0.4, 0.5) is 5.69 Å². The summed E-state index contributed by atoms with van der Waals surface area (Å²) in [6.45, 7) is 0. The maximum absolute atomic E-state index is 11.5. The minimum atomic E-state index is -0.372. The number of hydrogen-bond donors (Lipinski definition) is 0. The third-order valence-corrected chi connectivity index (χ3v) is 5.39. The number of benzene rings is 4. The lowest BCUT2D eigenvalue weighted by Crippen LogP contribution is -1.94. The Morgan fingerprint density at radius 1 is 0.759 bits per heavy atom. The molecule has 5 aromatic rings. The fourth-order valence-corrected chi connectivity index (χ4v) is 4.07. The highest BCUT2D eigenvalue weighted by Gasteiger charge is 2.18. The Balaban J connectivity index is 1.83. The molecule has 29 heavy (non-hydrogen) atoms. The summed E-state index contributed by atoms with van der Waals surface area (Å²) < 4.78 is 2.21. The number of hydrogen-bond acceptors (Lipinski definition) is 2. The second-order valence-electron chi connectivity index (χ2n) is 6.84. The molecule has 0 bridgehead atoms. The Kier molecular flexibility index (Phi) is 4.07. The quantitative estimate of drug-likeness (QED) is 0.242. The first-order valence-corrected chi connectivity index (χ1v) is 9.54. The van der Waals surface area contributed by atoms with Crippen LogP contribution in [-0.4, -0.2) is 9.49 Å². The van der Waals surface area contributed by atoms with Crippen molar-refractivity contribution < 1.29 is 4.92 Å². The van der Waals surface area contributed by atoms with Gasteiger partial charge in [0.1, 0.15) is 0 Å². The van der Waals surface area contributed by atoms with Gasteiger partial charge >= 0.3 is 0 Å². The summed E-state index contributed by atoms with van der Waals surface area (Å²) in [6.07, 6.45) is 0. The summed E-state index contributed by atoms with van der Waals surface area (Å²) >= 11 is 6.14. The van der Waals surface area contributed by atoms with Crippen LogP contribution < -0.4 is 0 Å². The molecule has 0 saturated heterocycles. The molecule has 4 aromatic carbocycles. The molecule has 0 amide bonds. The highest BCUT2D eigenvalue weighted by atomic mass is 35.5. The average molecular weight is 399 g/mol. The summed E-state index contributed by atoms with van der Waals surface area (Å²) in [5, 5.41) is 14.1. The molecule has 0 saturated carbocycles. The Morgan fingerprint density at radius 3 is 2.28 bits per heavy atom. The molecule has 5 heteroatoms. The predicted molar refractivity (Wildman–Crippen MR) is 118 cm³/mol. The molecule has 4 nitrogen and oxygen atoms in total. The summed E-state index contributed by atoms with van der Waals surface area (Å²) in [5.41, 5.74) is 4.53. The smallest absolute Gasteiger partial charge is 0.277 e. The van der Waals surface area contributed by atoms with Gasteiger partial charge in [0.2, 0.25) is 0 Å². The summed E-state index contributed by atoms with van der Waals surface area (Å²) in [7, 11) is 0. The molecule has 0 aliphatic rings. The SMILES string of the molecule is O=[N+]([O-])c1ccc(Cl)cc1-c1ccc2c(c1)c1ccccc1n2-c1ccccc1. The fraction of sp³-hybridized carbons (Fsp3) is 0. The van der Waals surface area contributed by atoms with Gasteiger partial charge in [0.15, 0.2) is 0 Å². The molecule has 0 fully saturated rings. The molecule has 1 heterocycles. The lowest BCUT2D eigenvalue weighted by atomic mass is 10.0. The molecule has 0 unspecified atom stereocenters. The van der Waals surface area contributed by atoms with Crippen LogP contribution in [0.2, 0.25) is 5.02 Å². The zero-order valence-corrected chi connectivity index (χ0v) is 16.0. The van der Waals surface area contributed by atoms with E-state index in [4.69, 9.17) is 11.6 Å². The van der Waals surface area contributed by atoms with Gasteiger partial charge in [0.25, 0.3) is 5.69 Å². The average Bonchev–Trinajstić information content (AvgIpc) is 3.08. The van der Waals surface area contributed by atoms with Gasteiger partial charge in [0, 0.05) is 27.5 Å². The van der Waals surface area contributed by atoms with Crippen LogP contribution in [-0.2, 0) is 0 Å². The Bertz CT molecular complexity index is 1390. The third-order valence-electron chi connectivity index (χ3n) is 5.15. The first-order chi connectivity index (χ1) is 14.1. The van der Waals surface area contributed by atoms with E-state index in [0.717, 1.165) is 33.1 Å².